The van der Waals surface area contributed by atoms with Crippen LogP contribution in [0.5, 0.6) is 0 Å². The lowest BCUT2D eigenvalue weighted by Crippen LogP contribution is -2.25. The second kappa shape index (κ2) is 8.66. The van der Waals surface area contributed by atoms with Gasteiger partial charge in [-0.25, -0.2) is 0 Å². The molecule has 28 heavy (non-hydrogen) atoms. The summed E-state index contributed by atoms with van der Waals surface area (Å²) in [6, 6.07) is 18.0. The molecule has 4 heteroatoms. The second-order valence-corrected chi connectivity index (χ2v) is 8.08. The van der Waals surface area contributed by atoms with E-state index in [1.54, 1.807) is 0 Å². The topological polar surface area (TPSA) is 34.0 Å². The van der Waals surface area contributed by atoms with Crippen LogP contribution in [0.15, 0.2) is 54.6 Å². The van der Waals surface area contributed by atoms with Crippen molar-refractivity contribution in [3.05, 3.63) is 76.4 Å². The van der Waals surface area contributed by atoms with Crippen molar-refractivity contribution in [1.29, 1.82) is 0 Å². The van der Waals surface area contributed by atoms with Crippen LogP contribution in [0.4, 0.5) is 0 Å². The van der Waals surface area contributed by atoms with Crippen molar-refractivity contribution in [1.82, 2.24) is 9.88 Å². The average molecular weight is 395 g/mol. The van der Waals surface area contributed by atoms with E-state index in [9.17, 15) is 4.79 Å². The molecule has 0 aliphatic carbocycles. The van der Waals surface area contributed by atoms with Gasteiger partial charge >= 0.3 is 0 Å². The summed E-state index contributed by atoms with van der Waals surface area (Å²) in [6.07, 6.45) is 0.966. The summed E-state index contributed by atoms with van der Waals surface area (Å²) < 4.78 is 2.14. The van der Waals surface area contributed by atoms with Crippen molar-refractivity contribution in [2.24, 2.45) is 5.92 Å². The van der Waals surface area contributed by atoms with Gasteiger partial charge in [-0.15, -0.1) is 0 Å². The van der Waals surface area contributed by atoms with E-state index in [2.05, 4.69) is 54.9 Å². The average Bonchev–Trinajstić information content (AvgIpc) is 3.00. The number of amides is 1. The molecule has 0 radical (unpaired) electrons. The van der Waals surface area contributed by atoms with E-state index in [0.717, 1.165) is 29.1 Å². The lowest BCUT2D eigenvalue weighted by Gasteiger charge is -2.13. The van der Waals surface area contributed by atoms with Crippen LogP contribution in [0, 0.1) is 19.8 Å². The predicted octanol–water partition coefficient (Wildman–Crippen LogP) is 6.19. The van der Waals surface area contributed by atoms with E-state index in [0.29, 0.717) is 23.0 Å². The number of rotatable bonds is 6. The summed E-state index contributed by atoms with van der Waals surface area (Å²) in [4.78, 5) is 12.8. The molecule has 3 aromatic rings. The molecule has 0 fully saturated rings. The molecule has 0 aliphatic heterocycles. The van der Waals surface area contributed by atoms with Crippen LogP contribution in [0.3, 0.4) is 0 Å². The normalized spacial score (nSPS) is 11.1. The SMILES string of the molecule is Cc1ccc(-n2c(-c3ccc(Cl)cc3)cc(C(=O)NCCC(C)C)c2C)cc1. The minimum atomic E-state index is -0.0285. The van der Waals surface area contributed by atoms with Gasteiger partial charge in [0.1, 0.15) is 0 Å². The number of hydrogen-bond acceptors (Lipinski definition) is 1. The molecule has 1 N–H and O–H groups in total. The molecule has 0 saturated heterocycles. The first-order chi connectivity index (χ1) is 13.4. The third-order valence-electron chi connectivity index (χ3n) is 4.93. The summed E-state index contributed by atoms with van der Waals surface area (Å²) in [6.45, 7) is 9.06. The Morgan fingerprint density at radius 2 is 1.68 bits per heavy atom. The maximum absolute atomic E-state index is 12.8. The van der Waals surface area contributed by atoms with Gasteiger partial charge in [0.2, 0.25) is 0 Å². The first-order valence-electron chi connectivity index (χ1n) is 9.70. The van der Waals surface area contributed by atoms with Crippen molar-refractivity contribution in [3.8, 4) is 16.9 Å². The molecular formula is C24H27ClN2O. The summed E-state index contributed by atoms with van der Waals surface area (Å²) >= 11 is 6.07. The zero-order valence-electron chi connectivity index (χ0n) is 16.9. The molecule has 2 aromatic carbocycles. The van der Waals surface area contributed by atoms with Crippen molar-refractivity contribution >= 4 is 17.5 Å². The molecule has 1 amide bonds. The Kier molecular flexibility index (Phi) is 6.25. The third-order valence-corrected chi connectivity index (χ3v) is 5.18. The van der Waals surface area contributed by atoms with Gasteiger partial charge in [0.15, 0.2) is 0 Å². The fourth-order valence-electron chi connectivity index (χ4n) is 3.27. The predicted molar refractivity (Wildman–Crippen MR) is 117 cm³/mol. The van der Waals surface area contributed by atoms with E-state index >= 15 is 0 Å². The summed E-state index contributed by atoms with van der Waals surface area (Å²) in [5.74, 6) is 0.530. The molecule has 0 bridgehead atoms. The van der Waals surface area contributed by atoms with Crippen molar-refractivity contribution in [3.63, 3.8) is 0 Å². The zero-order chi connectivity index (χ0) is 20.3. The molecule has 0 aliphatic rings. The highest BCUT2D eigenvalue weighted by molar-refractivity contribution is 6.30. The minimum absolute atomic E-state index is 0.0285. The van der Waals surface area contributed by atoms with Crippen LogP contribution in [0.2, 0.25) is 5.02 Å². The number of aromatic nitrogens is 1. The van der Waals surface area contributed by atoms with Gasteiger partial charge in [0.25, 0.3) is 5.91 Å². The van der Waals surface area contributed by atoms with E-state index in [4.69, 9.17) is 11.6 Å². The summed E-state index contributed by atoms with van der Waals surface area (Å²) in [7, 11) is 0. The molecule has 0 spiro atoms. The summed E-state index contributed by atoms with van der Waals surface area (Å²) in [5, 5.41) is 3.75. The van der Waals surface area contributed by atoms with Crippen LogP contribution >= 0.6 is 11.6 Å². The minimum Gasteiger partial charge on any atom is -0.352 e. The number of halogens is 1. The Hall–Kier alpha value is -2.52. The van der Waals surface area contributed by atoms with Gasteiger partial charge in [-0.1, -0.05) is 55.3 Å². The molecule has 1 aromatic heterocycles. The number of carbonyl (C=O) groups excluding carboxylic acids is 1. The highest BCUT2D eigenvalue weighted by Crippen LogP contribution is 2.30. The lowest BCUT2D eigenvalue weighted by atomic mass is 10.1. The fraction of sp³-hybridized carbons (Fsp3) is 0.292. The van der Waals surface area contributed by atoms with Crippen LogP contribution in [0.1, 0.15) is 41.9 Å². The molecule has 0 unspecified atom stereocenters. The van der Waals surface area contributed by atoms with Gasteiger partial charge in [-0.05, 0) is 62.1 Å². The number of aryl methyl sites for hydroxylation is 1. The van der Waals surface area contributed by atoms with Crippen molar-refractivity contribution < 1.29 is 4.79 Å². The van der Waals surface area contributed by atoms with Crippen molar-refractivity contribution in [2.75, 3.05) is 6.54 Å². The number of nitrogens with one attached hydrogen (secondary N) is 1. The van der Waals surface area contributed by atoms with Crippen LogP contribution < -0.4 is 5.32 Å². The van der Waals surface area contributed by atoms with Crippen molar-refractivity contribution in [2.45, 2.75) is 34.1 Å². The number of hydrogen-bond donors (Lipinski definition) is 1. The first kappa shape index (κ1) is 20.2. The smallest absolute Gasteiger partial charge is 0.253 e. The number of nitrogens with zero attached hydrogens (tertiary/aromatic N) is 1. The highest BCUT2D eigenvalue weighted by Gasteiger charge is 2.19. The number of carbonyl (C=O) groups is 1. The van der Waals surface area contributed by atoms with Crippen LogP contribution in [-0.4, -0.2) is 17.0 Å². The maximum atomic E-state index is 12.8. The van der Waals surface area contributed by atoms with Gasteiger partial charge in [-0.2, -0.15) is 0 Å². The van der Waals surface area contributed by atoms with E-state index < -0.39 is 0 Å². The molecule has 146 valence electrons. The molecule has 3 nitrogen and oxygen atoms in total. The van der Waals surface area contributed by atoms with Crippen LogP contribution in [-0.2, 0) is 0 Å². The largest absolute Gasteiger partial charge is 0.352 e. The monoisotopic (exact) mass is 394 g/mol. The fourth-order valence-corrected chi connectivity index (χ4v) is 3.39. The highest BCUT2D eigenvalue weighted by atomic mass is 35.5. The van der Waals surface area contributed by atoms with E-state index in [1.165, 1.54) is 5.56 Å². The number of benzene rings is 2. The molecule has 0 saturated carbocycles. The Balaban J connectivity index is 2.05. The van der Waals surface area contributed by atoms with Gasteiger partial charge < -0.3 is 9.88 Å². The Labute approximate surface area is 172 Å². The van der Waals surface area contributed by atoms with Crippen LogP contribution in [0.25, 0.3) is 16.9 Å². The Morgan fingerprint density at radius 1 is 1.04 bits per heavy atom. The Morgan fingerprint density at radius 3 is 2.29 bits per heavy atom. The molecule has 1 heterocycles. The van der Waals surface area contributed by atoms with E-state index in [1.807, 2.05) is 37.3 Å². The van der Waals surface area contributed by atoms with Gasteiger partial charge in [-0.3, -0.25) is 4.79 Å². The van der Waals surface area contributed by atoms with Gasteiger partial charge in [0, 0.05) is 22.9 Å². The molecular weight excluding hydrogens is 368 g/mol. The lowest BCUT2D eigenvalue weighted by molar-refractivity contribution is 0.0951. The molecule has 0 atom stereocenters. The molecule has 3 rings (SSSR count). The second-order valence-electron chi connectivity index (χ2n) is 7.64. The quantitative estimate of drug-likeness (QED) is 0.531. The third kappa shape index (κ3) is 4.48. The Bertz CT molecular complexity index is 954. The first-order valence-corrected chi connectivity index (χ1v) is 10.1. The van der Waals surface area contributed by atoms with E-state index in [-0.39, 0.29) is 5.91 Å². The van der Waals surface area contributed by atoms with Gasteiger partial charge in [0.05, 0.1) is 11.3 Å². The maximum Gasteiger partial charge on any atom is 0.253 e. The standard InChI is InChI=1S/C24H27ClN2O/c1-16(2)13-14-26-24(28)22-15-23(19-7-9-20(25)10-8-19)27(18(22)4)21-11-5-17(3)6-12-21/h5-12,15-16H,13-14H2,1-4H3,(H,26,28). The zero-order valence-corrected chi connectivity index (χ0v) is 17.7. The summed E-state index contributed by atoms with van der Waals surface area (Å²) in [5.41, 5.74) is 5.87.